The van der Waals surface area contributed by atoms with Crippen molar-refractivity contribution in [3.8, 4) is 28.3 Å². The first-order chi connectivity index (χ1) is 17.2. The van der Waals surface area contributed by atoms with Crippen LogP contribution in [0, 0.1) is 6.92 Å². The van der Waals surface area contributed by atoms with Gasteiger partial charge in [0, 0.05) is 29.2 Å². The average Bonchev–Trinajstić information content (AvgIpc) is 3.53. The number of nitrogens with one attached hydrogen (secondary N) is 1. The van der Waals surface area contributed by atoms with Gasteiger partial charge in [-0.2, -0.15) is 5.21 Å². The zero-order valence-corrected chi connectivity index (χ0v) is 19.8. The minimum Gasteiger partial charge on any atom is -0.292 e. The molecule has 3 heterocycles. The Kier molecular flexibility index (Phi) is 6.34. The first-order valence-electron chi connectivity index (χ1n) is 11.8. The van der Waals surface area contributed by atoms with Crippen molar-refractivity contribution in [2.75, 3.05) is 0 Å². The van der Waals surface area contributed by atoms with Crippen LogP contribution in [0.1, 0.15) is 36.6 Å². The molecule has 3 aromatic heterocycles. The maximum atomic E-state index is 13.5. The summed E-state index contributed by atoms with van der Waals surface area (Å²) in [6.07, 6.45) is 6.78. The Morgan fingerprint density at radius 1 is 0.971 bits per heavy atom. The summed E-state index contributed by atoms with van der Waals surface area (Å²) in [6, 6.07) is 19.8. The van der Waals surface area contributed by atoms with E-state index in [0.29, 0.717) is 12.4 Å². The van der Waals surface area contributed by atoms with E-state index in [4.69, 9.17) is 4.98 Å². The molecule has 8 nitrogen and oxygen atoms in total. The monoisotopic (exact) mass is 465 g/mol. The summed E-state index contributed by atoms with van der Waals surface area (Å²) in [7, 11) is 0. The van der Waals surface area contributed by atoms with Crippen LogP contribution >= 0.6 is 0 Å². The molecule has 1 N–H and O–H groups in total. The summed E-state index contributed by atoms with van der Waals surface area (Å²) in [5, 5.41) is 14.4. The van der Waals surface area contributed by atoms with Crippen LogP contribution in [0.3, 0.4) is 0 Å². The van der Waals surface area contributed by atoms with Crippen LogP contribution in [0.25, 0.3) is 28.3 Å². The second-order valence-corrected chi connectivity index (χ2v) is 8.58. The minimum atomic E-state index is -0.0306. The molecule has 35 heavy (non-hydrogen) atoms. The van der Waals surface area contributed by atoms with Crippen molar-refractivity contribution < 1.29 is 0 Å². The van der Waals surface area contributed by atoms with Gasteiger partial charge in [0.15, 0.2) is 0 Å². The number of rotatable bonds is 8. The van der Waals surface area contributed by atoms with Crippen LogP contribution in [-0.2, 0) is 13.0 Å². The molecule has 0 aliphatic heterocycles. The number of benzene rings is 2. The molecule has 5 rings (SSSR count). The summed E-state index contributed by atoms with van der Waals surface area (Å²) < 4.78 is 3.63. The molecule has 0 unspecified atom stereocenters. The molecular formula is C27H27N7O. The predicted octanol–water partition coefficient (Wildman–Crippen LogP) is 4.58. The quantitative estimate of drug-likeness (QED) is 0.362. The van der Waals surface area contributed by atoms with Crippen LogP contribution in [0.5, 0.6) is 0 Å². The molecule has 0 radical (unpaired) electrons. The molecule has 0 spiro atoms. The van der Waals surface area contributed by atoms with E-state index in [9.17, 15) is 4.79 Å². The Labute approximate surface area is 203 Å². The molecule has 2 aromatic carbocycles. The highest BCUT2D eigenvalue weighted by Crippen LogP contribution is 2.28. The first kappa shape index (κ1) is 22.5. The molecule has 0 saturated carbocycles. The summed E-state index contributed by atoms with van der Waals surface area (Å²) in [6.45, 7) is 4.66. The van der Waals surface area contributed by atoms with Gasteiger partial charge >= 0.3 is 5.69 Å². The molecule has 8 heteroatoms. The fraction of sp³-hybridized carbons (Fsp3) is 0.222. The SMILES string of the molecule is CCCCc1cn(-c2ccccc2C)c(=O)n1Cc1ccc(-c2ccccc2-c2nn[nH]n2)nc1. The molecule has 0 saturated heterocycles. The lowest BCUT2D eigenvalue weighted by Gasteiger charge is -2.09. The van der Waals surface area contributed by atoms with Crippen LogP contribution < -0.4 is 5.69 Å². The normalized spacial score (nSPS) is 11.1. The standard InChI is InChI=1S/C27H27N7O/c1-3-4-10-21-18-34(25-13-8-5-9-19(25)2)27(35)33(21)17-20-14-15-24(28-16-20)22-11-6-7-12-23(22)26-29-31-32-30-26/h5-9,11-16,18H,3-4,10,17H2,1-2H3,(H,29,30,31,32). The third-order valence-electron chi connectivity index (χ3n) is 6.18. The van der Waals surface area contributed by atoms with E-state index in [1.165, 1.54) is 0 Å². The van der Waals surface area contributed by atoms with Crippen LogP contribution in [0.4, 0.5) is 0 Å². The number of aromatic nitrogens is 7. The molecule has 0 aliphatic carbocycles. The van der Waals surface area contributed by atoms with Crippen molar-refractivity contribution in [3.63, 3.8) is 0 Å². The van der Waals surface area contributed by atoms with E-state index in [2.05, 4.69) is 27.5 Å². The predicted molar refractivity (Wildman–Crippen MR) is 135 cm³/mol. The van der Waals surface area contributed by atoms with Crippen molar-refractivity contribution in [1.82, 2.24) is 34.7 Å². The number of nitrogens with zero attached hydrogens (tertiary/aromatic N) is 6. The maximum Gasteiger partial charge on any atom is 0.333 e. The topological polar surface area (TPSA) is 94.3 Å². The van der Waals surface area contributed by atoms with Crippen LogP contribution in [-0.4, -0.2) is 34.7 Å². The summed E-state index contributed by atoms with van der Waals surface area (Å²) in [4.78, 5) is 18.2. The number of hydrogen-bond donors (Lipinski definition) is 1. The van der Waals surface area contributed by atoms with E-state index in [1.54, 1.807) is 4.57 Å². The van der Waals surface area contributed by atoms with Gasteiger partial charge in [0.1, 0.15) is 0 Å². The number of unbranched alkanes of at least 4 members (excludes halogenated alkanes) is 1. The lowest BCUT2D eigenvalue weighted by atomic mass is 10.0. The van der Waals surface area contributed by atoms with Crippen LogP contribution in [0.2, 0.25) is 0 Å². The Bertz CT molecular complexity index is 1480. The number of aryl methyl sites for hydroxylation is 2. The van der Waals surface area contributed by atoms with Gasteiger partial charge < -0.3 is 0 Å². The summed E-state index contributed by atoms with van der Waals surface area (Å²) in [5.41, 5.74) is 6.55. The fourth-order valence-electron chi connectivity index (χ4n) is 4.30. The van der Waals surface area contributed by atoms with Gasteiger partial charge in [-0.1, -0.05) is 61.9 Å². The van der Waals surface area contributed by atoms with Gasteiger partial charge in [0.05, 0.1) is 17.9 Å². The molecule has 0 atom stereocenters. The summed E-state index contributed by atoms with van der Waals surface area (Å²) in [5.74, 6) is 0.524. The van der Waals surface area contributed by atoms with Crippen molar-refractivity contribution >= 4 is 0 Å². The van der Waals surface area contributed by atoms with E-state index < -0.39 is 0 Å². The highest BCUT2D eigenvalue weighted by molar-refractivity contribution is 5.78. The molecule has 176 valence electrons. The average molecular weight is 466 g/mol. The van der Waals surface area contributed by atoms with Crippen molar-refractivity contribution in [3.05, 3.63) is 100 Å². The van der Waals surface area contributed by atoms with Gasteiger partial charge in [-0.25, -0.2) is 4.79 Å². The number of imidazole rings is 1. The van der Waals surface area contributed by atoms with Crippen molar-refractivity contribution in [2.24, 2.45) is 0 Å². The molecule has 0 fully saturated rings. The van der Waals surface area contributed by atoms with Crippen molar-refractivity contribution in [1.29, 1.82) is 0 Å². The third-order valence-corrected chi connectivity index (χ3v) is 6.18. The smallest absolute Gasteiger partial charge is 0.292 e. The zero-order valence-electron chi connectivity index (χ0n) is 19.8. The molecule has 0 bridgehead atoms. The third kappa shape index (κ3) is 4.55. The zero-order chi connectivity index (χ0) is 24.2. The van der Waals surface area contributed by atoms with Gasteiger partial charge in [-0.15, -0.1) is 10.2 Å². The van der Waals surface area contributed by atoms with E-state index in [-0.39, 0.29) is 5.69 Å². The Balaban J connectivity index is 1.47. The fourth-order valence-corrected chi connectivity index (χ4v) is 4.30. The van der Waals surface area contributed by atoms with Gasteiger partial charge in [-0.3, -0.25) is 14.1 Å². The largest absolute Gasteiger partial charge is 0.333 e. The lowest BCUT2D eigenvalue weighted by molar-refractivity contribution is 0.672. The number of H-pyrrole nitrogens is 1. The lowest BCUT2D eigenvalue weighted by Crippen LogP contribution is -2.25. The van der Waals surface area contributed by atoms with Gasteiger partial charge in [0.25, 0.3) is 0 Å². The molecular weight excluding hydrogens is 438 g/mol. The molecule has 0 aliphatic rings. The first-order valence-corrected chi connectivity index (χ1v) is 11.8. The molecule has 0 amide bonds. The van der Waals surface area contributed by atoms with Crippen LogP contribution in [0.15, 0.2) is 77.9 Å². The molecule has 5 aromatic rings. The van der Waals surface area contributed by atoms with E-state index in [0.717, 1.165) is 58.6 Å². The number of hydrogen-bond acceptors (Lipinski definition) is 5. The van der Waals surface area contributed by atoms with Gasteiger partial charge in [-0.05, 0) is 48.2 Å². The van der Waals surface area contributed by atoms with Gasteiger partial charge in [0.2, 0.25) is 5.82 Å². The van der Waals surface area contributed by atoms with Crippen molar-refractivity contribution in [2.45, 2.75) is 39.7 Å². The Morgan fingerprint density at radius 2 is 1.77 bits per heavy atom. The maximum absolute atomic E-state index is 13.5. The number of para-hydroxylation sites is 1. The Hall–Kier alpha value is -4.33. The minimum absolute atomic E-state index is 0.0306. The summed E-state index contributed by atoms with van der Waals surface area (Å²) >= 11 is 0. The second kappa shape index (κ2) is 9.89. The second-order valence-electron chi connectivity index (χ2n) is 8.58. The Morgan fingerprint density at radius 3 is 2.49 bits per heavy atom. The highest BCUT2D eigenvalue weighted by Gasteiger charge is 2.15. The highest BCUT2D eigenvalue weighted by atomic mass is 16.1. The van der Waals surface area contributed by atoms with E-state index >= 15 is 0 Å². The number of tetrazole rings is 1. The number of pyridine rings is 1. The van der Waals surface area contributed by atoms with E-state index in [1.807, 2.05) is 84.5 Å². The number of aromatic amines is 1.